The summed E-state index contributed by atoms with van der Waals surface area (Å²) < 4.78 is 18.9. The molecule has 1 amide bonds. The first-order valence-corrected chi connectivity index (χ1v) is 8.44. The van der Waals surface area contributed by atoms with Crippen molar-refractivity contribution in [3.05, 3.63) is 71.4 Å². The number of hydrogen-bond acceptors (Lipinski definition) is 7. The number of allylic oxidation sites excluding steroid dienone is 2. The van der Waals surface area contributed by atoms with Gasteiger partial charge in [-0.05, 0) is 30.7 Å². The number of halogens is 2. The molecule has 0 unspecified atom stereocenters. The van der Waals surface area contributed by atoms with E-state index >= 15 is 0 Å². The Morgan fingerprint density at radius 3 is 2.79 bits per heavy atom. The smallest absolute Gasteiger partial charge is 0.268 e. The highest BCUT2D eigenvalue weighted by molar-refractivity contribution is 6.30. The van der Waals surface area contributed by atoms with E-state index in [9.17, 15) is 9.18 Å². The zero-order chi connectivity index (χ0) is 19.9. The third kappa shape index (κ3) is 4.83. The topological polar surface area (TPSA) is 97.4 Å². The lowest BCUT2D eigenvalue weighted by molar-refractivity contribution is -0.118. The van der Waals surface area contributed by atoms with Crippen LogP contribution in [0.4, 0.5) is 4.39 Å². The summed E-state index contributed by atoms with van der Waals surface area (Å²) >= 11 is 5.93. The van der Waals surface area contributed by atoms with E-state index in [0.717, 1.165) is 11.2 Å². The Bertz CT molecular complexity index is 1040. The van der Waals surface area contributed by atoms with Crippen molar-refractivity contribution in [2.45, 2.75) is 13.5 Å². The molecule has 0 saturated carbocycles. The van der Waals surface area contributed by atoms with Gasteiger partial charge in [0.2, 0.25) is 12.3 Å². The average Bonchev–Trinajstić information content (AvgIpc) is 3.17. The molecule has 3 heterocycles. The first-order chi connectivity index (χ1) is 13.6. The van der Waals surface area contributed by atoms with E-state index in [4.69, 9.17) is 16.0 Å². The van der Waals surface area contributed by atoms with Crippen LogP contribution < -0.4 is 0 Å². The van der Waals surface area contributed by atoms with E-state index in [1.807, 2.05) is 0 Å². The van der Waals surface area contributed by atoms with Gasteiger partial charge in [0.1, 0.15) is 11.5 Å². The summed E-state index contributed by atoms with van der Waals surface area (Å²) in [5.41, 5.74) is 1.28. The van der Waals surface area contributed by atoms with E-state index < -0.39 is 5.82 Å². The van der Waals surface area contributed by atoms with Crippen LogP contribution in [0.5, 0.6) is 0 Å². The van der Waals surface area contributed by atoms with Crippen molar-refractivity contribution < 1.29 is 13.6 Å². The second kappa shape index (κ2) is 8.96. The summed E-state index contributed by atoms with van der Waals surface area (Å²) in [6.07, 6.45) is 9.36. The number of hydrogen-bond donors (Lipinski definition) is 0. The van der Waals surface area contributed by atoms with Crippen LogP contribution in [0.3, 0.4) is 0 Å². The molecule has 0 fully saturated rings. The Balaban J connectivity index is 1.88. The molecule has 0 N–H and O–H groups in total. The fourth-order valence-electron chi connectivity index (χ4n) is 2.24. The molecule has 0 aromatic carbocycles. The molecular weight excluding hydrogens is 387 g/mol. The van der Waals surface area contributed by atoms with Gasteiger partial charge >= 0.3 is 0 Å². The Kier molecular flexibility index (Phi) is 6.18. The molecule has 8 nitrogen and oxygen atoms in total. The van der Waals surface area contributed by atoms with Crippen LogP contribution in [0.2, 0.25) is 5.02 Å². The maximum atomic E-state index is 13.3. The van der Waals surface area contributed by atoms with Gasteiger partial charge in [0.15, 0.2) is 0 Å². The van der Waals surface area contributed by atoms with Gasteiger partial charge in [0.05, 0.1) is 23.3 Å². The molecule has 3 rings (SSSR count). The van der Waals surface area contributed by atoms with Crippen LogP contribution >= 0.6 is 11.6 Å². The van der Waals surface area contributed by atoms with Gasteiger partial charge in [-0.25, -0.2) is 9.40 Å². The lowest BCUT2D eigenvalue weighted by atomic mass is 10.3. The molecule has 0 radical (unpaired) electrons. The third-order valence-electron chi connectivity index (χ3n) is 3.38. The summed E-state index contributed by atoms with van der Waals surface area (Å²) in [6.45, 7) is 1.80. The number of pyridine rings is 2. The second-order valence-corrected chi connectivity index (χ2v) is 5.94. The summed E-state index contributed by atoms with van der Waals surface area (Å²) in [5.74, 6) is -0.204. The van der Waals surface area contributed by atoms with Gasteiger partial charge in [-0.1, -0.05) is 17.7 Å². The number of carbonyl (C=O) groups is 1. The van der Waals surface area contributed by atoms with Gasteiger partial charge < -0.3 is 4.42 Å². The Morgan fingerprint density at radius 2 is 2.07 bits per heavy atom. The highest BCUT2D eigenvalue weighted by Crippen LogP contribution is 2.20. The van der Waals surface area contributed by atoms with Crippen molar-refractivity contribution in [3.8, 4) is 11.5 Å². The van der Waals surface area contributed by atoms with E-state index in [-0.39, 0.29) is 24.0 Å². The molecular formula is C18H14ClFN6O2. The van der Waals surface area contributed by atoms with Crippen LogP contribution in [-0.4, -0.2) is 37.3 Å². The molecule has 0 aliphatic rings. The molecule has 10 heteroatoms. The first kappa shape index (κ1) is 19.3. The molecule has 142 valence electrons. The predicted octanol–water partition coefficient (Wildman–Crippen LogP) is 3.26. The maximum Gasteiger partial charge on any atom is 0.268 e. The molecule has 0 aliphatic heterocycles. The van der Waals surface area contributed by atoms with Crippen molar-refractivity contribution in [1.29, 1.82) is 0 Å². The molecule has 0 bridgehead atoms. The fraction of sp³-hybridized carbons (Fsp3) is 0.111. The lowest BCUT2D eigenvalue weighted by Crippen LogP contribution is -2.18. The molecule has 0 atom stereocenters. The molecule has 0 spiro atoms. The van der Waals surface area contributed by atoms with Crippen molar-refractivity contribution >= 4 is 23.7 Å². The molecule has 3 aromatic heterocycles. The van der Waals surface area contributed by atoms with Crippen LogP contribution in [0, 0.1) is 5.82 Å². The average molecular weight is 401 g/mol. The van der Waals surface area contributed by atoms with Crippen molar-refractivity contribution in [2.75, 3.05) is 0 Å². The van der Waals surface area contributed by atoms with E-state index in [1.165, 1.54) is 24.7 Å². The third-order valence-corrected chi connectivity index (χ3v) is 3.59. The fourth-order valence-corrected chi connectivity index (χ4v) is 2.42. The summed E-state index contributed by atoms with van der Waals surface area (Å²) in [5, 5.41) is 13.6. The Hall–Kier alpha value is -3.46. The zero-order valence-corrected chi connectivity index (χ0v) is 15.4. The SMILES string of the molecule is C/C=C\C(=N/N(C=O)Cc1cncc(F)c1)c1nnc(-c2cncc(Cl)c2)o1. The van der Waals surface area contributed by atoms with E-state index in [2.05, 4.69) is 25.3 Å². The van der Waals surface area contributed by atoms with Gasteiger partial charge in [-0.2, -0.15) is 5.10 Å². The van der Waals surface area contributed by atoms with Crippen molar-refractivity contribution in [1.82, 2.24) is 25.2 Å². The predicted molar refractivity (Wildman–Crippen MR) is 99.7 cm³/mol. The van der Waals surface area contributed by atoms with Gasteiger partial charge in [-0.3, -0.25) is 14.8 Å². The minimum absolute atomic E-state index is 0.0223. The molecule has 28 heavy (non-hydrogen) atoms. The van der Waals surface area contributed by atoms with Gasteiger partial charge in [-0.15, -0.1) is 10.2 Å². The highest BCUT2D eigenvalue weighted by atomic mass is 35.5. The van der Waals surface area contributed by atoms with Crippen LogP contribution in [-0.2, 0) is 11.3 Å². The molecule has 0 aliphatic carbocycles. The van der Waals surface area contributed by atoms with E-state index in [0.29, 0.717) is 22.6 Å². The monoisotopic (exact) mass is 400 g/mol. The van der Waals surface area contributed by atoms with Crippen LogP contribution in [0.25, 0.3) is 11.5 Å². The summed E-state index contributed by atoms with van der Waals surface area (Å²) in [4.78, 5) is 19.1. The number of hydrazone groups is 1. The number of carbonyl (C=O) groups excluding carboxylic acids is 1. The number of nitrogens with zero attached hydrogens (tertiary/aromatic N) is 6. The van der Waals surface area contributed by atoms with Crippen molar-refractivity contribution in [3.63, 3.8) is 0 Å². The number of rotatable bonds is 7. The Labute approximate surface area is 164 Å². The number of aromatic nitrogens is 4. The summed E-state index contributed by atoms with van der Waals surface area (Å²) in [7, 11) is 0. The molecule has 0 saturated heterocycles. The zero-order valence-electron chi connectivity index (χ0n) is 14.7. The van der Waals surface area contributed by atoms with Crippen LogP contribution in [0.1, 0.15) is 18.4 Å². The quantitative estimate of drug-likeness (QED) is 0.343. The van der Waals surface area contributed by atoms with Crippen LogP contribution in [0.15, 0.2) is 58.6 Å². The highest BCUT2D eigenvalue weighted by Gasteiger charge is 2.15. The Morgan fingerprint density at radius 1 is 1.25 bits per heavy atom. The minimum Gasteiger partial charge on any atom is -0.414 e. The van der Waals surface area contributed by atoms with Gasteiger partial charge in [0.25, 0.3) is 5.89 Å². The second-order valence-electron chi connectivity index (χ2n) is 5.50. The molecule has 3 aromatic rings. The van der Waals surface area contributed by atoms with Gasteiger partial charge in [0, 0.05) is 18.6 Å². The van der Waals surface area contributed by atoms with Crippen molar-refractivity contribution in [2.24, 2.45) is 5.10 Å². The minimum atomic E-state index is -0.502. The number of amides is 1. The summed E-state index contributed by atoms with van der Waals surface area (Å²) in [6, 6.07) is 2.90. The lowest BCUT2D eigenvalue weighted by Gasteiger charge is -2.11. The largest absolute Gasteiger partial charge is 0.414 e. The normalized spacial score (nSPS) is 11.8. The standard InChI is InChI=1S/C18H14ClFN6O2/c1-2-3-16(25-26(11-27)10-12-4-15(20)9-21-6-12)18-24-23-17(28-18)13-5-14(19)8-22-7-13/h2-9,11H,10H2,1H3/b3-2-,25-16+. The maximum absolute atomic E-state index is 13.3. The first-order valence-electron chi connectivity index (χ1n) is 8.06. The van der Waals surface area contributed by atoms with E-state index in [1.54, 1.807) is 25.1 Å².